The molecule has 78 valence electrons. The lowest BCUT2D eigenvalue weighted by molar-refractivity contribution is -0.171. The highest BCUT2D eigenvalue weighted by molar-refractivity contribution is 5.28. The zero-order chi connectivity index (χ0) is 10.3. The van der Waals surface area contributed by atoms with Crippen LogP contribution in [0.25, 0.3) is 0 Å². The van der Waals surface area contributed by atoms with Crippen molar-refractivity contribution in [3.8, 4) is 0 Å². The third-order valence-corrected chi connectivity index (χ3v) is 2.11. The second-order valence-electron chi connectivity index (χ2n) is 3.20. The molecule has 0 bridgehead atoms. The molecule has 14 heavy (non-hydrogen) atoms. The molecule has 1 aliphatic rings. The molecule has 0 saturated heterocycles. The highest BCUT2D eigenvalue weighted by Crippen LogP contribution is 2.36. The smallest absolute Gasteiger partial charge is 0.354 e. The van der Waals surface area contributed by atoms with Crippen molar-refractivity contribution < 1.29 is 13.2 Å². The van der Waals surface area contributed by atoms with E-state index in [4.69, 9.17) is 0 Å². The van der Waals surface area contributed by atoms with Crippen LogP contribution >= 0.6 is 0 Å². The lowest BCUT2D eigenvalue weighted by Crippen LogP contribution is -2.34. The Labute approximate surface area is 78.1 Å². The highest BCUT2D eigenvalue weighted by atomic mass is 19.4. The van der Waals surface area contributed by atoms with Crippen LogP contribution in [-0.2, 0) is 0 Å². The molecule has 0 fully saturated rings. The number of nitrogens with zero attached hydrogens (tertiary/aromatic N) is 3. The minimum Gasteiger partial charge on any atom is -0.354 e. The first-order valence-corrected chi connectivity index (χ1v) is 4.22. The number of rotatable bonds is 0. The van der Waals surface area contributed by atoms with Gasteiger partial charge in [-0.2, -0.15) is 23.3 Å². The largest absolute Gasteiger partial charge is 0.411 e. The molecule has 0 aliphatic carbocycles. The molecule has 0 saturated carbocycles. The standard InChI is InChI=1S/C7H9F3N4/c1-4-12-6-11-3-2-5(7(8,9)10)14(6)13-4/h5H,2-3H2,1H3,(H,11,12,13). The number of hydrogen-bond acceptors (Lipinski definition) is 3. The zero-order valence-corrected chi connectivity index (χ0v) is 7.47. The van der Waals surface area contributed by atoms with E-state index < -0.39 is 12.2 Å². The van der Waals surface area contributed by atoms with Gasteiger partial charge in [-0.05, 0) is 13.3 Å². The minimum atomic E-state index is -4.25. The minimum absolute atomic E-state index is 0.000694. The first kappa shape index (κ1) is 9.29. The van der Waals surface area contributed by atoms with Crippen LogP contribution in [0.2, 0.25) is 0 Å². The second kappa shape index (κ2) is 2.86. The summed E-state index contributed by atoms with van der Waals surface area (Å²) in [5.41, 5.74) is 0. The Kier molecular flexibility index (Phi) is 1.90. The van der Waals surface area contributed by atoms with Gasteiger partial charge in [-0.15, -0.1) is 0 Å². The van der Waals surface area contributed by atoms with E-state index in [-0.39, 0.29) is 18.9 Å². The summed E-state index contributed by atoms with van der Waals surface area (Å²) in [5.74, 6) is 0.555. The summed E-state index contributed by atoms with van der Waals surface area (Å²) in [6, 6.07) is -1.54. The number of aryl methyl sites for hydroxylation is 1. The molecule has 4 nitrogen and oxygen atoms in total. The maximum Gasteiger partial charge on any atom is 0.411 e. The number of nitrogens with one attached hydrogen (secondary N) is 1. The molecule has 0 radical (unpaired) electrons. The van der Waals surface area contributed by atoms with Crippen molar-refractivity contribution in [3.63, 3.8) is 0 Å². The van der Waals surface area contributed by atoms with Gasteiger partial charge in [-0.3, -0.25) is 0 Å². The molecular formula is C7H9F3N4. The van der Waals surface area contributed by atoms with E-state index in [1.54, 1.807) is 6.92 Å². The molecule has 1 aromatic rings. The number of anilines is 1. The normalized spacial score (nSPS) is 21.6. The molecule has 0 aromatic carbocycles. The lowest BCUT2D eigenvalue weighted by atomic mass is 10.2. The monoisotopic (exact) mass is 206 g/mol. The predicted molar refractivity (Wildman–Crippen MR) is 43.0 cm³/mol. The predicted octanol–water partition coefficient (Wildman–Crippen LogP) is 1.51. The van der Waals surface area contributed by atoms with Crippen LogP contribution in [0.4, 0.5) is 19.1 Å². The fourth-order valence-corrected chi connectivity index (χ4v) is 1.51. The fourth-order valence-electron chi connectivity index (χ4n) is 1.51. The Hall–Kier alpha value is -1.27. The highest BCUT2D eigenvalue weighted by Gasteiger charge is 2.44. The Balaban J connectivity index is 2.40. The summed E-state index contributed by atoms with van der Waals surface area (Å²) >= 11 is 0. The van der Waals surface area contributed by atoms with Gasteiger partial charge in [0.1, 0.15) is 5.82 Å². The summed E-state index contributed by atoms with van der Waals surface area (Å²) < 4.78 is 38.5. The molecule has 1 atom stereocenters. The first-order valence-electron chi connectivity index (χ1n) is 4.22. The van der Waals surface area contributed by atoms with Crippen LogP contribution in [0.1, 0.15) is 18.3 Å². The third-order valence-electron chi connectivity index (χ3n) is 2.11. The van der Waals surface area contributed by atoms with Crippen LogP contribution in [0, 0.1) is 6.92 Å². The molecule has 0 spiro atoms. The van der Waals surface area contributed by atoms with E-state index in [2.05, 4.69) is 15.4 Å². The third kappa shape index (κ3) is 1.42. The molecule has 2 heterocycles. The Morgan fingerprint density at radius 1 is 1.50 bits per heavy atom. The van der Waals surface area contributed by atoms with Crippen LogP contribution < -0.4 is 5.32 Å². The van der Waals surface area contributed by atoms with Crippen molar-refractivity contribution in [2.45, 2.75) is 25.6 Å². The number of halogens is 3. The van der Waals surface area contributed by atoms with Crippen molar-refractivity contribution in [1.29, 1.82) is 0 Å². The molecule has 1 unspecified atom stereocenters. The van der Waals surface area contributed by atoms with E-state index in [1.807, 2.05) is 0 Å². The molecule has 2 rings (SSSR count). The van der Waals surface area contributed by atoms with Gasteiger partial charge >= 0.3 is 6.18 Å². The molecule has 1 aromatic heterocycles. The molecule has 7 heteroatoms. The number of alkyl halides is 3. The van der Waals surface area contributed by atoms with Gasteiger partial charge in [0.05, 0.1) is 0 Å². The number of aromatic nitrogens is 3. The summed E-state index contributed by atoms with van der Waals surface area (Å²) in [7, 11) is 0. The van der Waals surface area contributed by atoms with Gasteiger partial charge < -0.3 is 5.32 Å². The van der Waals surface area contributed by atoms with Crippen molar-refractivity contribution in [2.24, 2.45) is 0 Å². The maximum absolute atomic E-state index is 12.5. The Morgan fingerprint density at radius 2 is 2.21 bits per heavy atom. The molecule has 0 amide bonds. The van der Waals surface area contributed by atoms with Gasteiger partial charge in [-0.25, -0.2) is 4.68 Å². The average Bonchev–Trinajstić information content (AvgIpc) is 2.41. The van der Waals surface area contributed by atoms with Crippen molar-refractivity contribution >= 4 is 5.95 Å². The quantitative estimate of drug-likeness (QED) is 0.699. The summed E-state index contributed by atoms with van der Waals surface area (Å²) in [6.07, 6.45) is -4.25. The van der Waals surface area contributed by atoms with Gasteiger partial charge in [-0.1, -0.05) is 0 Å². The van der Waals surface area contributed by atoms with Crippen LogP contribution in [0.15, 0.2) is 0 Å². The van der Waals surface area contributed by atoms with Gasteiger partial charge in [0.15, 0.2) is 6.04 Å². The maximum atomic E-state index is 12.5. The molecular weight excluding hydrogens is 197 g/mol. The van der Waals surface area contributed by atoms with E-state index in [0.29, 0.717) is 5.82 Å². The summed E-state index contributed by atoms with van der Waals surface area (Å²) in [5, 5.41) is 6.50. The van der Waals surface area contributed by atoms with E-state index in [0.717, 1.165) is 4.68 Å². The Bertz CT molecular complexity index is 343. The van der Waals surface area contributed by atoms with Crippen LogP contribution in [0.5, 0.6) is 0 Å². The van der Waals surface area contributed by atoms with Crippen LogP contribution in [-0.4, -0.2) is 27.5 Å². The van der Waals surface area contributed by atoms with E-state index in [9.17, 15) is 13.2 Å². The van der Waals surface area contributed by atoms with Crippen molar-refractivity contribution in [1.82, 2.24) is 14.8 Å². The topological polar surface area (TPSA) is 42.7 Å². The van der Waals surface area contributed by atoms with Crippen molar-refractivity contribution in [3.05, 3.63) is 5.82 Å². The average molecular weight is 206 g/mol. The molecule has 1 aliphatic heterocycles. The fraction of sp³-hybridized carbons (Fsp3) is 0.714. The Morgan fingerprint density at radius 3 is 2.86 bits per heavy atom. The second-order valence-corrected chi connectivity index (χ2v) is 3.20. The molecule has 1 N–H and O–H groups in total. The van der Waals surface area contributed by atoms with Gasteiger partial charge in [0.2, 0.25) is 5.95 Å². The first-order chi connectivity index (χ1) is 6.48. The SMILES string of the molecule is Cc1nc2n(n1)C(C(F)(F)F)CCN2. The van der Waals surface area contributed by atoms with E-state index >= 15 is 0 Å². The van der Waals surface area contributed by atoms with Gasteiger partial charge in [0, 0.05) is 6.54 Å². The van der Waals surface area contributed by atoms with E-state index in [1.165, 1.54) is 0 Å². The zero-order valence-electron chi connectivity index (χ0n) is 7.47. The van der Waals surface area contributed by atoms with Crippen molar-refractivity contribution in [2.75, 3.05) is 11.9 Å². The summed E-state index contributed by atoms with van der Waals surface area (Å²) in [6.45, 7) is 1.85. The van der Waals surface area contributed by atoms with Gasteiger partial charge in [0.25, 0.3) is 0 Å². The number of fused-ring (bicyclic) bond motifs is 1. The summed E-state index contributed by atoms with van der Waals surface area (Å²) in [4.78, 5) is 3.86. The lowest BCUT2D eigenvalue weighted by Gasteiger charge is -2.25. The van der Waals surface area contributed by atoms with Crippen LogP contribution in [0.3, 0.4) is 0 Å². The number of hydrogen-bond donors (Lipinski definition) is 1.